The highest BCUT2D eigenvalue weighted by atomic mass is 35.5. The maximum absolute atomic E-state index is 13.9. The van der Waals surface area contributed by atoms with Gasteiger partial charge in [-0.25, -0.2) is 4.39 Å². The van der Waals surface area contributed by atoms with Crippen molar-refractivity contribution in [2.24, 2.45) is 0 Å². The molecule has 3 heterocycles. The highest BCUT2D eigenvalue weighted by Gasteiger charge is 2.33. The molecule has 0 aliphatic carbocycles. The van der Waals surface area contributed by atoms with Crippen molar-refractivity contribution in [1.29, 1.82) is 0 Å². The summed E-state index contributed by atoms with van der Waals surface area (Å²) >= 11 is 6.45. The Morgan fingerprint density at radius 3 is 2.67 bits per heavy atom. The lowest BCUT2D eigenvalue weighted by atomic mass is 10.0. The third kappa shape index (κ3) is 6.54. The van der Waals surface area contributed by atoms with Gasteiger partial charge in [0.2, 0.25) is 17.6 Å². The molecule has 4 aromatic rings. The molecule has 40 heavy (non-hydrogen) atoms. The van der Waals surface area contributed by atoms with Crippen LogP contribution < -0.4 is 5.32 Å². The summed E-state index contributed by atoms with van der Waals surface area (Å²) in [6.07, 6.45) is 1.65. The van der Waals surface area contributed by atoms with E-state index in [2.05, 4.69) is 20.7 Å². The molecule has 1 saturated heterocycles. The molecule has 0 spiro atoms. The van der Waals surface area contributed by atoms with Gasteiger partial charge in [-0.3, -0.25) is 9.59 Å². The number of hydrogen-bond donors (Lipinski definition) is 1. The Balaban J connectivity index is 1.46. The first-order chi connectivity index (χ1) is 19.4. The number of nitrogens with zero attached hydrogens (tertiary/aromatic N) is 5. The summed E-state index contributed by atoms with van der Waals surface area (Å²) in [5.74, 6) is -0.0325. The van der Waals surface area contributed by atoms with Crippen LogP contribution in [0, 0.1) is 12.7 Å². The van der Waals surface area contributed by atoms with Crippen LogP contribution >= 0.6 is 11.6 Å². The van der Waals surface area contributed by atoms with Crippen molar-refractivity contribution < 1.29 is 23.1 Å². The molecule has 208 valence electrons. The monoisotopic (exact) mass is 566 g/mol. The average Bonchev–Trinajstić information content (AvgIpc) is 3.72. The molecule has 0 bridgehead atoms. The van der Waals surface area contributed by atoms with Crippen molar-refractivity contribution in [3.05, 3.63) is 88.4 Å². The predicted octanol–water partition coefficient (Wildman–Crippen LogP) is 4.10. The van der Waals surface area contributed by atoms with E-state index in [1.807, 2.05) is 0 Å². The molecule has 1 fully saturated rings. The molecule has 2 aromatic heterocycles. The van der Waals surface area contributed by atoms with Gasteiger partial charge in [-0.05, 0) is 66.4 Å². The first-order valence-electron chi connectivity index (χ1n) is 12.9. The molecule has 12 heteroatoms. The van der Waals surface area contributed by atoms with Gasteiger partial charge in [0, 0.05) is 24.7 Å². The number of aromatic nitrogens is 4. The van der Waals surface area contributed by atoms with E-state index >= 15 is 0 Å². The fourth-order valence-electron chi connectivity index (χ4n) is 4.54. The molecule has 10 nitrogen and oxygen atoms in total. The van der Waals surface area contributed by atoms with Gasteiger partial charge in [-0.2, -0.15) is 4.80 Å². The lowest BCUT2D eigenvalue weighted by molar-refractivity contribution is -0.142. The maximum atomic E-state index is 13.9. The molecular weight excluding hydrogens is 539 g/mol. The summed E-state index contributed by atoms with van der Waals surface area (Å²) in [5.41, 5.74) is 1.07. The number of nitrogens with one attached hydrogen (secondary N) is 1. The zero-order chi connectivity index (χ0) is 28.1. The average molecular weight is 567 g/mol. The topological polar surface area (TPSA) is 115 Å². The van der Waals surface area contributed by atoms with Crippen molar-refractivity contribution in [3.8, 4) is 11.6 Å². The van der Waals surface area contributed by atoms with Crippen LogP contribution in [0.3, 0.4) is 0 Å². The standard InChI is InChI=1S/C28H28ClFN6O4/c1-18-8-13-24(40-18)27-32-34-36(33-27)17-25(37)35(16-20-5-2-3-7-23(20)29)26(19-9-11-21(30)12-10-19)28(38)31-15-22-6-4-14-39-22/h2-3,5,7-13,22,26H,4,6,14-17H2,1H3,(H,31,38). The highest BCUT2D eigenvalue weighted by Crippen LogP contribution is 2.27. The van der Waals surface area contributed by atoms with Crippen molar-refractivity contribution in [1.82, 2.24) is 30.4 Å². The van der Waals surface area contributed by atoms with E-state index in [4.69, 9.17) is 20.8 Å². The molecule has 1 aliphatic rings. The Morgan fingerprint density at radius 1 is 1.18 bits per heavy atom. The Labute approximate surface area is 235 Å². The molecule has 0 radical (unpaired) electrons. The first kappa shape index (κ1) is 27.5. The van der Waals surface area contributed by atoms with E-state index in [1.165, 1.54) is 29.2 Å². The van der Waals surface area contributed by atoms with Gasteiger partial charge in [0.25, 0.3) is 0 Å². The van der Waals surface area contributed by atoms with Gasteiger partial charge in [-0.15, -0.1) is 10.2 Å². The summed E-state index contributed by atoms with van der Waals surface area (Å²) in [5, 5.41) is 15.6. The number of rotatable bonds is 10. The van der Waals surface area contributed by atoms with Crippen molar-refractivity contribution in [2.75, 3.05) is 13.2 Å². The summed E-state index contributed by atoms with van der Waals surface area (Å²) in [4.78, 5) is 30.1. The van der Waals surface area contributed by atoms with Gasteiger partial charge in [0.1, 0.15) is 24.2 Å². The number of tetrazole rings is 1. The van der Waals surface area contributed by atoms with Crippen LogP contribution in [0.2, 0.25) is 5.02 Å². The van der Waals surface area contributed by atoms with Crippen LogP contribution in [0.5, 0.6) is 0 Å². The molecule has 1 aliphatic heterocycles. The van der Waals surface area contributed by atoms with Crippen LogP contribution in [0.25, 0.3) is 11.6 Å². The van der Waals surface area contributed by atoms with Crippen molar-refractivity contribution >= 4 is 23.4 Å². The van der Waals surface area contributed by atoms with Gasteiger partial charge in [0.15, 0.2) is 5.76 Å². The summed E-state index contributed by atoms with van der Waals surface area (Å²) < 4.78 is 25.0. The number of ether oxygens (including phenoxy) is 1. The number of furan rings is 1. The smallest absolute Gasteiger partial charge is 0.247 e. The van der Waals surface area contributed by atoms with Crippen LogP contribution in [-0.4, -0.2) is 56.2 Å². The molecule has 5 rings (SSSR count). The number of halogens is 2. The molecule has 2 atom stereocenters. The predicted molar refractivity (Wildman–Crippen MR) is 143 cm³/mol. The van der Waals surface area contributed by atoms with Crippen LogP contribution in [0.15, 0.2) is 65.1 Å². The lowest BCUT2D eigenvalue weighted by Gasteiger charge is -2.32. The van der Waals surface area contributed by atoms with Gasteiger partial charge in [0.05, 0.1) is 6.10 Å². The Morgan fingerprint density at radius 2 is 1.98 bits per heavy atom. The number of amides is 2. The van der Waals surface area contributed by atoms with Gasteiger partial charge in [-0.1, -0.05) is 41.9 Å². The molecular formula is C28H28ClFN6O4. The Kier molecular flexibility index (Phi) is 8.51. The first-order valence-corrected chi connectivity index (χ1v) is 13.3. The molecule has 1 N–H and O–H groups in total. The molecule has 2 unspecified atom stereocenters. The van der Waals surface area contributed by atoms with Crippen LogP contribution in [0.1, 0.15) is 35.8 Å². The zero-order valence-corrected chi connectivity index (χ0v) is 22.6. The summed E-state index contributed by atoms with van der Waals surface area (Å²) in [6, 6.07) is 14.9. The fraction of sp³-hybridized carbons (Fsp3) is 0.321. The fourth-order valence-corrected chi connectivity index (χ4v) is 4.74. The van der Waals surface area contributed by atoms with E-state index in [0.29, 0.717) is 40.8 Å². The molecule has 2 amide bonds. The van der Waals surface area contributed by atoms with E-state index in [9.17, 15) is 14.0 Å². The Hall–Kier alpha value is -4.09. The minimum absolute atomic E-state index is 0.00678. The summed E-state index contributed by atoms with van der Waals surface area (Å²) in [6.45, 7) is 2.43. The van der Waals surface area contributed by atoms with Crippen LogP contribution in [0.4, 0.5) is 4.39 Å². The highest BCUT2D eigenvalue weighted by molar-refractivity contribution is 6.31. The molecule has 2 aromatic carbocycles. The number of aryl methyl sites for hydroxylation is 1. The second kappa shape index (κ2) is 12.4. The number of carbonyl (C=O) groups excluding carboxylic acids is 2. The largest absolute Gasteiger partial charge is 0.458 e. The number of carbonyl (C=O) groups is 2. The molecule has 0 saturated carbocycles. The van der Waals surface area contributed by atoms with Crippen molar-refractivity contribution in [3.63, 3.8) is 0 Å². The minimum Gasteiger partial charge on any atom is -0.458 e. The third-order valence-electron chi connectivity index (χ3n) is 6.58. The van der Waals surface area contributed by atoms with Crippen molar-refractivity contribution in [2.45, 2.75) is 45.0 Å². The lowest BCUT2D eigenvalue weighted by Crippen LogP contribution is -2.46. The number of hydrogen-bond acceptors (Lipinski definition) is 7. The van der Waals surface area contributed by atoms with E-state index < -0.39 is 23.7 Å². The van der Waals surface area contributed by atoms with Gasteiger partial charge < -0.3 is 19.4 Å². The van der Waals surface area contributed by atoms with E-state index in [-0.39, 0.29) is 25.0 Å². The van der Waals surface area contributed by atoms with E-state index in [0.717, 1.165) is 17.6 Å². The zero-order valence-electron chi connectivity index (χ0n) is 21.8. The third-order valence-corrected chi connectivity index (χ3v) is 6.95. The minimum atomic E-state index is -1.10. The normalized spacial score (nSPS) is 15.6. The SMILES string of the molecule is Cc1ccc(-c2nnn(CC(=O)N(Cc3ccccc3Cl)C(C(=O)NCC3CCCO3)c3ccc(F)cc3)n2)o1. The maximum Gasteiger partial charge on any atom is 0.247 e. The summed E-state index contributed by atoms with van der Waals surface area (Å²) in [7, 11) is 0. The Bertz CT molecular complexity index is 1470. The second-order valence-corrected chi connectivity index (χ2v) is 9.91. The quantitative estimate of drug-likeness (QED) is 0.307. The van der Waals surface area contributed by atoms with E-state index in [1.54, 1.807) is 43.3 Å². The van der Waals surface area contributed by atoms with Crippen LogP contribution in [-0.2, 0) is 27.4 Å². The number of benzene rings is 2. The van der Waals surface area contributed by atoms with Gasteiger partial charge >= 0.3 is 0 Å². The second-order valence-electron chi connectivity index (χ2n) is 9.50.